The molecule has 1 fully saturated rings. The number of para-hydroxylation sites is 1. The topological polar surface area (TPSA) is 15.7 Å². The number of ether oxygens (including phenoxy) is 1. The Hall–Kier alpha value is -1.42. The maximum absolute atomic E-state index is 6.27. The van der Waals surface area contributed by atoms with Gasteiger partial charge >= 0.3 is 0 Å². The Bertz CT molecular complexity index is 625. The zero-order valence-corrected chi connectivity index (χ0v) is 14.4. The van der Waals surface area contributed by atoms with Gasteiger partial charge in [0.2, 0.25) is 0 Å². The highest BCUT2D eigenvalue weighted by Crippen LogP contribution is 2.26. The summed E-state index contributed by atoms with van der Waals surface area (Å²) in [6.45, 7) is 5.65. The van der Waals surface area contributed by atoms with Crippen LogP contribution in [0.25, 0.3) is 0 Å². The molecule has 3 rings (SSSR count). The summed E-state index contributed by atoms with van der Waals surface area (Å²) in [4.78, 5) is 4.77. The van der Waals surface area contributed by atoms with Crippen molar-refractivity contribution >= 4 is 28.9 Å². The minimum atomic E-state index is 0.688. The predicted molar refractivity (Wildman–Crippen MR) is 97.1 cm³/mol. The molecule has 1 aliphatic rings. The first kappa shape index (κ1) is 16.4. The van der Waals surface area contributed by atoms with E-state index in [2.05, 4.69) is 15.9 Å². The van der Waals surface area contributed by atoms with Gasteiger partial charge in [-0.3, -0.25) is 4.90 Å². The molecule has 0 amide bonds. The van der Waals surface area contributed by atoms with Crippen LogP contribution in [0.2, 0.25) is 10.0 Å². The van der Waals surface area contributed by atoms with Gasteiger partial charge in [-0.2, -0.15) is 0 Å². The van der Waals surface area contributed by atoms with Crippen LogP contribution in [0.3, 0.4) is 0 Å². The molecule has 0 saturated carbocycles. The van der Waals surface area contributed by atoms with Crippen molar-refractivity contribution in [2.24, 2.45) is 0 Å². The fourth-order valence-electron chi connectivity index (χ4n) is 2.74. The van der Waals surface area contributed by atoms with E-state index >= 15 is 0 Å². The Balaban J connectivity index is 1.43. The summed E-state index contributed by atoms with van der Waals surface area (Å²) in [5, 5.41) is 1.56. The molecule has 2 aromatic carbocycles. The Morgan fingerprint density at radius 3 is 2.26 bits per heavy atom. The average Bonchev–Trinajstić information content (AvgIpc) is 2.58. The summed E-state index contributed by atoms with van der Waals surface area (Å²) in [5.41, 5.74) is 1.13. The minimum absolute atomic E-state index is 0.688. The zero-order chi connectivity index (χ0) is 16.1. The highest BCUT2D eigenvalue weighted by Gasteiger charge is 2.18. The Labute approximate surface area is 147 Å². The van der Waals surface area contributed by atoms with Gasteiger partial charge in [0, 0.05) is 37.7 Å². The molecular weight excluding hydrogens is 331 g/mol. The lowest BCUT2D eigenvalue weighted by molar-refractivity contribution is 0.200. The van der Waals surface area contributed by atoms with Gasteiger partial charge in [-0.15, -0.1) is 0 Å². The van der Waals surface area contributed by atoms with E-state index in [-0.39, 0.29) is 0 Å². The van der Waals surface area contributed by atoms with Crippen molar-refractivity contribution in [1.29, 1.82) is 0 Å². The quantitative estimate of drug-likeness (QED) is 0.803. The second kappa shape index (κ2) is 7.91. The highest BCUT2D eigenvalue weighted by molar-refractivity contribution is 6.33. The third-order valence-corrected chi connectivity index (χ3v) is 4.63. The van der Waals surface area contributed by atoms with Gasteiger partial charge in [-0.1, -0.05) is 35.3 Å². The molecule has 0 N–H and O–H groups in total. The van der Waals surface area contributed by atoms with E-state index in [0.29, 0.717) is 6.61 Å². The molecule has 5 heteroatoms. The summed E-state index contributed by atoms with van der Waals surface area (Å²) in [7, 11) is 0. The number of rotatable bonds is 5. The van der Waals surface area contributed by atoms with Gasteiger partial charge < -0.3 is 9.64 Å². The van der Waals surface area contributed by atoms with Crippen molar-refractivity contribution in [1.82, 2.24) is 4.90 Å². The number of hydrogen-bond acceptors (Lipinski definition) is 3. The first-order valence-electron chi connectivity index (χ1n) is 7.82. The summed E-state index contributed by atoms with van der Waals surface area (Å²) < 4.78 is 5.76. The van der Waals surface area contributed by atoms with Crippen molar-refractivity contribution in [2.45, 2.75) is 0 Å². The molecule has 1 saturated heterocycles. The van der Waals surface area contributed by atoms with Gasteiger partial charge in [0.15, 0.2) is 0 Å². The normalized spacial score (nSPS) is 15.7. The van der Waals surface area contributed by atoms with Crippen molar-refractivity contribution in [2.75, 3.05) is 44.2 Å². The third kappa shape index (κ3) is 4.54. The van der Waals surface area contributed by atoms with Crippen LogP contribution in [0.4, 0.5) is 5.69 Å². The van der Waals surface area contributed by atoms with Crippen LogP contribution in [0.5, 0.6) is 5.75 Å². The second-order valence-corrected chi connectivity index (χ2v) is 6.43. The molecule has 0 unspecified atom stereocenters. The summed E-state index contributed by atoms with van der Waals surface area (Å²) >= 11 is 12.1. The molecule has 0 radical (unpaired) electrons. The minimum Gasteiger partial charge on any atom is -0.492 e. The Morgan fingerprint density at radius 1 is 0.870 bits per heavy atom. The average molecular weight is 351 g/mol. The van der Waals surface area contributed by atoms with E-state index in [4.69, 9.17) is 27.9 Å². The molecule has 1 aliphatic heterocycles. The Morgan fingerprint density at radius 2 is 1.57 bits per heavy atom. The highest BCUT2D eigenvalue weighted by atomic mass is 35.5. The number of anilines is 1. The van der Waals surface area contributed by atoms with Crippen molar-refractivity contribution in [3.8, 4) is 5.75 Å². The lowest BCUT2D eigenvalue weighted by Crippen LogP contribution is -2.47. The smallest absolute Gasteiger partial charge is 0.119 e. The van der Waals surface area contributed by atoms with E-state index in [0.717, 1.165) is 54.2 Å². The van der Waals surface area contributed by atoms with Crippen LogP contribution in [0.15, 0.2) is 48.5 Å². The van der Waals surface area contributed by atoms with Crippen LogP contribution in [0.1, 0.15) is 0 Å². The Kier molecular flexibility index (Phi) is 5.65. The number of halogens is 2. The summed E-state index contributed by atoms with van der Waals surface area (Å²) in [6, 6.07) is 15.5. The van der Waals surface area contributed by atoms with E-state index in [9.17, 15) is 0 Å². The molecular formula is C18H20Cl2N2O. The zero-order valence-electron chi connectivity index (χ0n) is 12.9. The first-order valence-corrected chi connectivity index (χ1v) is 8.58. The molecule has 23 heavy (non-hydrogen) atoms. The van der Waals surface area contributed by atoms with Gasteiger partial charge in [-0.25, -0.2) is 0 Å². The monoisotopic (exact) mass is 350 g/mol. The van der Waals surface area contributed by atoms with Crippen LogP contribution < -0.4 is 9.64 Å². The standard InChI is InChI=1S/C18H20Cl2N2O/c19-15-5-7-16(8-6-15)23-14-13-21-9-11-22(12-10-21)18-4-2-1-3-17(18)20/h1-8H,9-14H2. The fraction of sp³-hybridized carbons (Fsp3) is 0.333. The molecule has 0 aromatic heterocycles. The molecule has 2 aromatic rings. The maximum Gasteiger partial charge on any atom is 0.119 e. The van der Waals surface area contributed by atoms with Crippen LogP contribution in [-0.2, 0) is 0 Å². The van der Waals surface area contributed by atoms with Gasteiger partial charge in [0.05, 0.1) is 10.7 Å². The number of nitrogens with zero attached hydrogens (tertiary/aromatic N) is 2. The van der Waals surface area contributed by atoms with Crippen molar-refractivity contribution in [3.05, 3.63) is 58.6 Å². The van der Waals surface area contributed by atoms with E-state index in [1.807, 2.05) is 42.5 Å². The van der Waals surface area contributed by atoms with Gasteiger partial charge in [-0.05, 0) is 36.4 Å². The first-order chi connectivity index (χ1) is 11.2. The second-order valence-electron chi connectivity index (χ2n) is 5.58. The molecule has 0 spiro atoms. The molecule has 122 valence electrons. The SMILES string of the molecule is Clc1ccc(OCCN2CCN(c3ccccc3Cl)CC2)cc1. The van der Waals surface area contributed by atoms with Crippen LogP contribution in [0, 0.1) is 0 Å². The number of hydrogen-bond donors (Lipinski definition) is 0. The lowest BCUT2D eigenvalue weighted by Gasteiger charge is -2.36. The molecule has 3 nitrogen and oxygen atoms in total. The predicted octanol–water partition coefficient (Wildman–Crippen LogP) is 4.19. The van der Waals surface area contributed by atoms with E-state index < -0.39 is 0 Å². The largest absolute Gasteiger partial charge is 0.492 e. The van der Waals surface area contributed by atoms with Gasteiger partial charge in [0.1, 0.15) is 12.4 Å². The third-order valence-electron chi connectivity index (χ3n) is 4.06. The van der Waals surface area contributed by atoms with Crippen molar-refractivity contribution in [3.63, 3.8) is 0 Å². The van der Waals surface area contributed by atoms with Gasteiger partial charge in [0.25, 0.3) is 0 Å². The van der Waals surface area contributed by atoms with Crippen molar-refractivity contribution < 1.29 is 4.74 Å². The molecule has 0 bridgehead atoms. The molecule has 0 aliphatic carbocycles. The number of piperazine rings is 1. The summed E-state index contributed by atoms with van der Waals surface area (Å²) in [6.07, 6.45) is 0. The van der Waals surface area contributed by atoms with E-state index in [1.165, 1.54) is 0 Å². The fourth-order valence-corrected chi connectivity index (χ4v) is 3.13. The molecule has 1 heterocycles. The maximum atomic E-state index is 6.27. The van der Waals surface area contributed by atoms with Crippen LogP contribution >= 0.6 is 23.2 Å². The lowest BCUT2D eigenvalue weighted by atomic mass is 10.2. The summed E-state index contributed by atoms with van der Waals surface area (Å²) in [5.74, 6) is 0.865. The van der Waals surface area contributed by atoms with E-state index in [1.54, 1.807) is 0 Å². The van der Waals surface area contributed by atoms with Crippen LogP contribution in [-0.4, -0.2) is 44.2 Å². The number of benzene rings is 2. The molecule has 0 atom stereocenters.